The Morgan fingerprint density at radius 3 is 2.58 bits per heavy atom. The van der Waals surface area contributed by atoms with Crippen LogP contribution in [-0.2, 0) is 29.1 Å². The van der Waals surface area contributed by atoms with Gasteiger partial charge in [0.2, 0.25) is 0 Å². The van der Waals surface area contributed by atoms with E-state index in [-0.39, 0.29) is 12.6 Å². The van der Waals surface area contributed by atoms with Crippen LogP contribution in [0.15, 0.2) is 48.5 Å². The fourth-order valence-electron chi connectivity index (χ4n) is 3.97. The minimum Gasteiger partial charge on any atom is -0.459 e. The van der Waals surface area contributed by atoms with Gasteiger partial charge in [-0.05, 0) is 40.0 Å². The molecule has 2 aromatic heterocycles. The lowest BCUT2D eigenvalue weighted by atomic mass is 9.98. The first-order chi connectivity index (χ1) is 17.6. The van der Waals surface area contributed by atoms with Gasteiger partial charge >= 0.3 is 5.97 Å². The van der Waals surface area contributed by atoms with Crippen molar-refractivity contribution in [3.8, 4) is 22.5 Å². The number of imidazole rings is 1. The van der Waals surface area contributed by atoms with Crippen LogP contribution in [0.1, 0.15) is 49.7 Å². The lowest BCUT2D eigenvalue weighted by Gasteiger charge is -2.14. The number of tetrazole rings is 1. The zero-order valence-electron chi connectivity index (χ0n) is 20.1. The maximum atomic E-state index is 12.1. The van der Waals surface area contributed by atoms with Gasteiger partial charge in [-0.3, -0.25) is 4.79 Å². The first kappa shape index (κ1) is 26.0. The summed E-state index contributed by atoms with van der Waals surface area (Å²) in [5.74, 6) is 1.29. The lowest BCUT2D eigenvalue weighted by molar-refractivity contribution is -0.145. The summed E-state index contributed by atoms with van der Waals surface area (Å²) in [7, 11) is 0. The van der Waals surface area contributed by atoms with E-state index < -0.39 is 0 Å². The molecule has 0 saturated heterocycles. The van der Waals surface area contributed by atoms with Crippen molar-refractivity contribution in [1.82, 2.24) is 30.2 Å². The smallest absolute Gasteiger partial charge is 0.306 e. The molecular formula is C26H28BrClN6O2. The molecule has 4 rings (SSSR count). The Bertz CT molecular complexity index is 1270. The minimum atomic E-state index is -0.238. The van der Waals surface area contributed by atoms with Crippen molar-refractivity contribution < 1.29 is 9.53 Å². The van der Waals surface area contributed by atoms with Gasteiger partial charge in [-0.15, -0.1) is 5.10 Å². The summed E-state index contributed by atoms with van der Waals surface area (Å²) in [6.07, 6.45) is 3.97. The predicted octanol–water partition coefficient (Wildman–Crippen LogP) is 5.99. The molecule has 0 spiro atoms. The first-order valence-electron chi connectivity index (χ1n) is 12.0. The third-order valence-electron chi connectivity index (χ3n) is 5.87. The van der Waals surface area contributed by atoms with E-state index in [0.29, 0.717) is 23.9 Å². The molecule has 188 valence electrons. The van der Waals surface area contributed by atoms with Crippen molar-refractivity contribution in [2.75, 3.05) is 5.33 Å². The highest BCUT2D eigenvalue weighted by atomic mass is 79.9. The standard InChI is InChI=1S/C26H28BrClN6O2/c1-2-3-9-23-29-25(28)22(17-36-24(35)10-6-15-27)34(23)16-18-11-13-19(14-12-18)20-7-4-5-8-21(20)26-30-32-33-31-26/h4-5,7-8,11-14H,2-3,6,9-10,15-17H2,1H3,(H,30,31,32,33). The highest BCUT2D eigenvalue weighted by molar-refractivity contribution is 9.09. The molecule has 0 radical (unpaired) electrons. The molecule has 4 aromatic rings. The van der Waals surface area contributed by atoms with Gasteiger partial charge in [0.1, 0.15) is 12.4 Å². The van der Waals surface area contributed by atoms with Crippen molar-refractivity contribution in [3.05, 3.63) is 70.8 Å². The second-order valence-corrected chi connectivity index (χ2v) is 9.55. The Labute approximate surface area is 223 Å². The average molecular weight is 572 g/mol. The van der Waals surface area contributed by atoms with Crippen LogP contribution >= 0.6 is 27.5 Å². The van der Waals surface area contributed by atoms with Crippen LogP contribution in [0.5, 0.6) is 0 Å². The van der Waals surface area contributed by atoms with E-state index in [0.717, 1.165) is 64.8 Å². The number of hydrogen-bond donors (Lipinski definition) is 1. The Kier molecular flexibility index (Phi) is 9.24. The largest absolute Gasteiger partial charge is 0.459 e. The van der Waals surface area contributed by atoms with E-state index in [1.807, 2.05) is 24.3 Å². The third kappa shape index (κ3) is 6.39. The second kappa shape index (κ2) is 12.8. The molecule has 10 heteroatoms. The average Bonchev–Trinajstić information content (AvgIpc) is 3.54. The molecular weight excluding hydrogens is 544 g/mol. The number of nitrogens with one attached hydrogen (secondary N) is 1. The summed E-state index contributed by atoms with van der Waals surface area (Å²) in [6.45, 7) is 2.84. The van der Waals surface area contributed by atoms with Crippen LogP contribution in [0.2, 0.25) is 5.15 Å². The zero-order chi connectivity index (χ0) is 25.3. The second-order valence-electron chi connectivity index (χ2n) is 8.40. The fourth-order valence-corrected chi connectivity index (χ4v) is 4.51. The molecule has 0 bridgehead atoms. The maximum Gasteiger partial charge on any atom is 0.306 e. The molecule has 0 aliphatic carbocycles. The number of carbonyl (C=O) groups is 1. The molecule has 0 aliphatic rings. The number of benzene rings is 2. The number of hydrogen-bond acceptors (Lipinski definition) is 6. The van der Waals surface area contributed by atoms with Crippen LogP contribution < -0.4 is 0 Å². The number of unbranched alkanes of at least 4 members (excludes halogenated alkanes) is 1. The number of aromatic amines is 1. The molecule has 0 aliphatic heterocycles. The van der Waals surface area contributed by atoms with E-state index in [1.54, 1.807) is 0 Å². The van der Waals surface area contributed by atoms with E-state index in [2.05, 4.69) is 77.3 Å². The summed E-state index contributed by atoms with van der Waals surface area (Å²) in [4.78, 5) is 16.7. The van der Waals surface area contributed by atoms with Crippen LogP contribution in [0.25, 0.3) is 22.5 Å². The van der Waals surface area contributed by atoms with E-state index in [9.17, 15) is 4.79 Å². The molecule has 2 aromatic carbocycles. The molecule has 1 N–H and O–H groups in total. The summed E-state index contributed by atoms with van der Waals surface area (Å²) in [6, 6.07) is 16.4. The summed E-state index contributed by atoms with van der Waals surface area (Å²) >= 11 is 9.85. The summed E-state index contributed by atoms with van der Waals surface area (Å²) < 4.78 is 7.59. The van der Waals surface area contributed by atoms with Gasteiger partial charge < -0.3 is 9.30 Å². The zero-order valence-corrected chi connectivity index (χ0v) is 22.4. The first-order valence-corrected chi connectivity index (χ1v) is 13.5. The van der Waals surface area contributed by atoms with Gasteiger partial charge in [0.05, 0.1) is 5.69 Å². The molecule has 8 nitrogen and oxygen atoms in total. The number of rotatable bonds is 12. The Hall–Kier alpha value is -3.04. The molecule has 0 saturated carbocycles. The normalized spacial score (nSPS) is 11.1. The van der Waals surface area contributed by atoms with Gasteiger partial charge in [-0.2, -0.15) is 0 Å². The number of ether oxygens (including phenoxy) is 1. The highest BCUT2D eigenvalue weighted by Crippen LogP contribution is 2.30. The number of alkyl halides is 1. The Morgan fingerprint density at radius 1 is 1.11 bits per heavy atom. The van der Waals surface area contributed by atoms with E-state index in [4.69, 9.17) is 16.3 Å². The number of esters is 1. The number of aryl methyl sites for hydroxylation is 1. The molecule has 0 fully saturated rings. The van der Waals surface area contributed by atoms with Crippen molar-refractivity contribution in [2.24, 2.45) is 0 Å². The van der Waals surface area contributed by atoms with Crippen molar-refractivity contribution in [3.63, 3.8) is 0 Å². The number of nitrogens with zero attached hydrogens (tertiary/aromatic N) is 5. The predicted molar refractivity (Wildman–Crippen MR) is 143 cm³/mol. The van der Waals surface area contributed by atoms with E-state index >= 15 is 0 Å². The van der Waals surface area contributed by atoms with Gasteiger partial charge in [-0.25, -0.2) is 10.1 Å². The van der Waals surface area contributed by atoms with Crippen LogP contribution in [-0.4, -0.2) is 41.5 Å². The Balaban J connectivity index is 1.57. The summed E-state index contributed by atoms with van der Waals surface area (Å²) in [5, 5.41) is 15.5. The molecule has 2 heterocycles. The molecule has 36 heavy (non-hydrogen) atoms. The SMILES string of the molecule is CCCCc1nc(Cl)c(COC(=O)CCCBr)n1Cc1ccc(-c2ccccc2-c2nnn[nH]2)cc1. The molecule has 0 unspecified atom stereocenters. The van der Waals surface area contributed by atoms with Crippen LogP contribution in [0.4, 0.5) is 0 Å². The lowest BCUT2D eigenvalue weighted by Crippen LogP contribution is -2.12. The monoisotopic (exact) mass is 570 g/mol. The number of halogens is 2. The van der Waals surface area contributed by atoms with Crippen LogP contribution in [0.3, 0.4) is 0 Å². The van der Waals surface area contributed by atoms with Crippen molar-refractivity contribution in [1.29, 1.82) is 0 Å². The quantitative estimate of drug-likeness (QED) is 0.166. The van der Waals surface area contributed by atoms with Crippen LogP contribution in [0, 0.1) is 0 Å². The summed E-state index contributed by atoms with van der Waals surface area (Å²) in [5.41, 5.74) is 4.84. The maximum absolute atomic E-state index is 12.1. The molecule has 0 amide bonds. The number of H-pyrrole nitrogens is 1. The topological polar surface area (TPSA) is 98.6 Å². The minimum absolute atomic E-state index is 0.107. The molecule has 0 atom stereocenters. The van der Waals surface area contributed by atoms with Gasteiger partial charge in [0, 0.05) is 30.3 Å². The van der Waals surface area contributed by atoms with Gasteiger partial charge in [0.15, 0.2) is 11.0 Å². The van der Waals surface area contributed by atoms with Gasteiger partial charge in [-0.1, -0.05) is 89.4 Å². The van der Waals surface area contributed by atoms with Crippen molar-refractivity contribution >= 4 is 33.5 Å². The number of aromatic nitrogens is 6. The van der Waals surface area contributed by atoms with Gasteiger partial charge in [0.25, 0.3) is 0 Å². The van der Waals surface area contributed by atoms with E-state index in [1.165, 1.54) is 0 Å². The fraction of sp³-hybridized carbons (Fsp3) is 0.346. The number of carbonyl (C=O) groups excluding carboxylic acids is 1. The highest BCUT2D eigenvalue weighted by Gasteiger charge is 2.18. The third-order valence-corrected chi connectivity index (χ3v) is 6.74. The van der Waals surface area contributed by atoms with Crippen molar-refractivity contribution in [2.45, 2.75) is 52.2 Å². The Morgan fingerprint density at radius 2 is 1.89 bits per heavy atom.